The average Bonchev–Trinajstić information content (AvgIpc) is 3.08. The molecule has 2 aromatic rings. The molecule has 4 rings (SSSR count). The second-order valence-electron chi connectivity index (χ2n) is 8.91. The summed E-state index contributed by atoms with van der Waals surface area (Å²) in [5, 5.41) is 9.72. The van der Waals surface area contributed by atoms with Crippen molar-refractivity contribution in [3.8, 4) is 0 Å². The number of benzene rings is 1. The molecule has 1 aromatic carbocycles. The molecule has 9 heteroatoms. The maximum Gasteiger partial charge on any atom is 0.417 e. The van der Waals surface area contributed by atoms with Gasteiger partial charge in [-0.05, 0) is 81.0 Å². The van der Waals surface area contributed by atoms with Crippen molar-refractivity contribution in [2.45, 2.75) is 62.2 Å². The number of carbonyl (C=O) groups is 1. The predicted molar refractivity (Wildman–Crippen MR) is 118 cm³/mol. The zero-order valence-electron chi connectivity index (χ0n) is 18.2. The fourth-order valence-electron chi connectivity index (χ4n) is 4.62. The summed E-state index contributed by atoms with van der Waals surface area (Å²) in [6.07, 6.45) is -2.13. The number of carboxylic acid groups (broad SMARTS) is 1. The number of anilines is 1. The highest BCUT2D eigenvalue weighted by atomic mass is 32.2. The molecule has 0 saturated carbocycles. The van der Waals surface area contributed by atoms with Gasteiger partial charge in [0, 0.05) is 36.3 Å². The molecule has 3 atom stereocenters. The Morgan fingerprint density at radius 1 is 1.19 bits per heavy atom. The number of carboxylic acids is 1. The fourth-order valence-corrected chi connectivity index (χ4v) is 5.66. The van der Waals surface area contributed by atoms with E-state index in [4.69, 9.17) is 0 Å². The first-order valence-corrected chi connectivity index (χ1v) is 11.4. The largest absolute Gasteiger partial charge is 0.481 e. The number of rotatable bonds is 4. The highest BCUT2D eigenvalue weighted by Crippen LogP contribution is 2.42. The molecule has 2 heterocycles. The molecule has 0 spiro atoms. The molecule has 2 aliphatic rings. The Kier molecular flexibility index (Phi) is 5.92. The minimum absolute atomic E-state index is 0.118. The van der Waals surface area contributed by atoms with E-state index in [9.17, 15) is 23.1 Å². The minimum atomic E-state index is -4.39. The number of halogens is 3. The van der Waals surface area contributed by atoms with Gasteiger partial charge in [0.1, 0.15) is 5.82 Å². The summed E-state index contributed by atoms with van der Waals surface area (Å²) in [6, 6.07) is 8.81. The summed E-state index contributed by atoms with van der Waals surface area (Å²) >= 11 is 1.61. The van der Waals surface area contributed by atoms with Crippen LogP contribution in [0.2, 0.25) is 0 Å². The molecule has 1 aliphatic carbocycles. The smallest absolute Gasteiger partial charge is 0.417 e. The average molecular weight is 466 g/mol. The molecule has 1 fully saturated rings. The lowest BCUT2D eigenvalue weighted by molar-refractivity contribution is -0.143. The lowest BCUT2D eigenvalue weighted by Crippen LogP contribution is -2.54. The molecule has 1 N–H and O–H groups in total. The van der Waals surface area contributed by atoms with Crippen molar-refractivity contribution in [2.24, 2.45) is 0 Å². The Bertz CT molecular complexity index is 1000. The Hall–Kier alpha value is -2.26. The van der Waals surface area contributed by atoms with Crippen LogP contribution < -0.4 is 4.90 Å². The summed E-state index contributed by atoms with van der Waals surface area (Å²) in [4.78, 5) is 18.9. The van der Waals surface area contributed by atoms with Crippen LogP contribution in [0.25, 0.3) is 0 Å². The summed E-state index contributed by atoms with van der Waals surface area (Å²) in [5.74, 6) is -0.256. The highest BCUT2D eigenvalue weighted by Gasteiger charge is 2.41. The van der Waals surface area contributed by atoms with E-state index in [-0.39, 0.29) is 12.1 Å². The number of alkyl halides is 3. The Morgan fingerprint density at radius 2 is 1.88 bits per heavy atom. The van der Waals surface area contributed by atoms with Gasteiger partial charge in [-0.3, -0.25) is 4.79 Å². The van der Waals surface area contributed by atoms with Crippen molar-refractivity contribution < 1.29 is 23.1 Å². The first-order chi connectivity index (χ1) is 15.0. The minimum Gasteiger partial charge on any atom is -0.481 e. The van der Waals surface area contributed by atoms with Crippen LogP contribution >= 0.6 is 11.9 Å². The molecule has 0 amide bonds. The van der Waals surface area contributed by atoms with E-state index in [1.54, 1.807) is 18.9 Å². The maximum atomic E-state index is 12.8. The van der Waals surface area contributed by atoms with Crippen molar-refractivity contribution in [2.75, 3.05) is 18.0 Å². The molecule has 1 saturated heterocycles. The van der Waals surface area contributed by atoms with Crippen molar-refractivity contribution in [1.29, 1.82) is 0 Å². The van der Waals surface area contributed by atoms with E-state index in [1.165, 1.54) is 6.07 Å². The molecule has 5 nitrogen and oxygen atoms in total. The van der Waals surface area contributed by atoms with Crippen molar-refractivity contribution in [3.05, 3.63) is 53.2 Å². The van der Waals surface area contributed by atoms with Crippen LogP contribution in [0.3, 0.4) is 0 Å². The number of hydrogen-bond acceptors (Lipinski definition) is 5. The lowest BCUT2D eigenvalue weighted by atomic mass is 9.84. The summed E-state index contributed by atoms with van der Waals surface area (Å²) < 4.78 is 40.7. The number of aryl methyl sites for hydroxylation is 1. The van der Waals surface area contributed by atoms with E-state index in [1.807, 2.05) is 23.1 Å². The summed E-state index contributed by atoms with van der Waals surface area (Å²) in [5.41, 5.74) is 0.388. The molecular formula is C23H26F3N3O2S. The molecule has 3 unspecified atom stereocenters. The number of aromatic nitrogens is 1. The zero-order valence-corrected chi connectivity index (χ0v) is 19.0. The molecule has 32 heavy (non-hydrogen) atoms. The van der Waals surface area contributed by atoms with Crippen molar-refractivity contribution in [3.63, 3.8) is 0 Å². The molecular weight excluding hydrogens is 439 g/mol. The second kappa shape index (κ2) is 8.26. The third-order valence-corrected chi connectivity index (χ3v) is 7.89. The number of fused-ring (bicyclic) bond motifs is 1. The number of hydrogen-bond donors (Lipinski definition) is 1. The van der Waals surface area contributed by atoms with Crippen LogP contribution in [0.1, 0.15) is 43.9 Å². The summed E-state index contributed by atoms with van der Waals surface area (Å²) in [6.45, 7) is 7.21. The molecule has 1 aromatic heterocycles. The molecule has 0 bridgehead atoms. The second-order valence-corrected chi connectivity index (χ2v) is 9.99. The third kappa shape index (κ3) is 4.20. The van der Waals surface area contributed by atoms with Crippen LogP contribution in [-0.4, -0.2) is 45.5 Å². The van der Waals surface area contributed by atoms with Crippen molar-refractivity contribution in [1.82, 2.24) is 9.29 Å². The van der Waals surface area contributed by atoms with Gasteiger partial charge < -0.3 is 10.0 Å². The fraction of sp³-hybridized carbons (Fsp3) is 0.478. The van der Waals surface area contributed by atoms with Gasteiger partial charge in [-0.1, -0.05) is 6.07 Å². The van der Waals surface area contributed by atoms with Gasteiger partial charge in [-0.2, -0.15) is 13.2 Å². The van der Waals surface area contributed by atoms with Gasteiger partial charge in [0.2, 0.25) is 0 Å². The van der Waals surface area contributed by atoms with Gasteiger partial charge in [0.25, 0.3) is 0 Å². The lowest BCUT2D eigenvalue weighted by Gasteiger charge is -2.44. The maximum absolute atomic E-state index is 12.8. The van der Waals surface area contributed by atoms with Gasteiger partial charge >= 0.3 is 12.1 Å². The van der Waals surface area contributed by atoms with Crippen LogP contribution in [0.15, 0.2) is 41.4 Å². The van der Waals surface area contributed by atoms with Gasteiger partial charge in [0.05, 0.1) is 11.0 Å². The van der Waals surface area contributed by atoms with E-state index in [0.717, 1.165) is 34.7 Å². The monoisotopic (exact) mass is 465 g/mol. The van der Waals surface area contributed by atoms with Gasteiger partial charge in [-0.25, -0.2) is 9.29 Å². The van der Waals surface area contributed by atoms with Crippen LogP contribution in [0.4, 0.5) is 19.0 Å². The number of aliphatic carboxylic acids is 1. The quantitative estimate of drug-likeness (QED) is 0.642. The van der Waals surface area contributed by atoms with E-state index in [0.29, 0.717) is 25.3 Å². The predicted octanol–water partition coefficient (Wildman–Crippen LogP) is 5.00. The standard InChI is InChI=1S/C23H26F3N3O2S/c1-14-12-28(20-7-5-17(11-27-20)23(24,25)26)13-15(2)29(14)32-18-6-4-16-8-9-22(3,21(30)31)19(16)10-18/h4-7,10-11,14-15H,8-9,12-13H2,1-3H3,(H,30,31). The highest BCUT2D eigenvalue weighted by molar-refractivity contribution is 7.97. The van der Waals surface area contributed by atoms with E-state index in [2.05, 4.69) is 23.1 Å². The van der Waals surface area contributed by atoms with Crippen LogP contribution in [0, 0.1) is 0 Å². The van der Waals surface area contributed by atoms with Gasteiger partial charge in [0.15, 0.2) is 0 Å². The van der Waals surface area contributed by atoms with Gasteiger partial charge in [-0.15, -0.1) is 0 Å². The Labute approximate surface area is 189 Å². The first-order valence-electron chi connectivity index (χ1n) is 10.6. The number of piperazine rings is 1. The van der Waals surface area contributed by atoms with Crippen molar-refractivity contribution >= 4 is 23.7 Å². The Morgan fingerprint density at radius 3 is 2.44 bits per heavy atom. The van der Waals surface area contributed by atoms with Crippen LogP contribution in [0.5, 0.6) is 0 Å². The molecule has 0 radical (unpaired) electrons. The molecule has 172 valence electrons. The SMILES string of the molecule is CC1CN(c2ccc(C(F)(F)F)cn2)CC(C)N1Sc1ccc2c(c1)C(C)(C(=O)O)CC2. The Balaban J connectivity index is 1.48. The third-order valence-electron chi connectivity index (χ3n) is 6.49. The number of pyridine rings is 1. The van der Waals surface area contributed by atoms with Crippen LogP contribution in [-0.2, 0) is 22.8 Å². The summed E-state index contributed by atoms with van der Waals surface area (Å²) in [7, 11) is 0. The van der Waals surface area contributed by atoms with E-state index >= 15 is 0 Å². The topological polar surface area (TPSA) is 56.7 Å². The zero-order chi connectivity index (χ0) is 23.3. The van der Waals surface area contributed by atoms with E-state index < -0.39 is 23.1 Å². The number of nitrogens with zero attached hydrogens (tertiary/aromatic N) is 3. The first kappa shape index (κ1) is 22.9. The normalized spacial score (nSPS) is 26.2. The molecule has 1 aliphatic heterocycles.